The van der Waals surface area contributed by atoms with E-state index in [1.165, 1.54) is 0 Å². The summed E-state index contributed by atoms with van der Waals surface area (Å²) < 4.78 is 0.938. The maximum atomic E-state index is 12.6. The zero-order valence-electron chi connectivity index (χ0n) is 15.4. The number of halogens is 1. The monoisotopic (exact) mass is 441 g/mol. The van der Waals surface area contributed by atoms with Crippen LogP contribution < -0.4 is 15.1 Å². The summed E-state index contributed by atoms with van der Waals surface area (Å²) in [7, 11) is 0. The van der Waals surface area contributed by atoms with Gasteiger partial charge in [-0.1, -0.05) is 15.9 Å². The second kappa shape index (κ2) is 7.39. The Morgan fingerprint density at radius 1 is 1.14 bits per heavy atom. The Balaban J connectivity index is 1.47. The molecule has 1 N–H and O–H groups in total. The first kappa shape index (κ1) is 18.7. The van der Waals surface area contributed by atoms with E-state index in [4.69, 9.17) is 0 Å². The quantitative estimate of drug-likeness (QED) is 0.793. The minimum Gasteiger partial charge on any atom is -0.326 e. The molecule has 144 valence electrons. The molecule has 1 unspecified atom stereocenters. The summed E-state index contributed by atoms with van der Waals surface area (Å²) in [6.45, 7) is 2.58. The normalized spacial score (nSPS) is 18.4. The molecule has 3 amide bonds. The summed E-state index contributed by atoms with van der Waals surface area (Å²) in [6, 6.07) is 13.1. The van der Waals surface area contributed by atoms with Gasteiger partial charge in [0.15, 0.2) is 0 Å². The molecular weight excluding hydrogens is 422 g/mol. The molecule has 0 spiro atoms. The SMILES string of the molecule is CC(=O)N1CCc2cc(N3CC(C(=O)Nc4ccc(Br)cc4)CC3=O)ccc21. The first-order valence-electron chi connectivity index (χ1n) is 9.20. The summed E-state index contributed by atoms with van der Waals surface area (Å²) in [6.07, 6.45) is 0.970. The van der Waals surface area contributed by atoms with E-state index in [-0.39, 0.29) is 24.1 Å². The third kappa shape index (κ3) is 3.54. The fourth-order valence-electron chi connectivity index (χ4n) is 3.79. The number of benzene rings is 2. The highest BCUT2D eigenvalue weighted by molar-refractivity contribution is 9.10. The second-order valence-corrected chi connectivity index (χ2v) is 8.05. The lowest BCUT2D eigenvalue weighted by atomic mass is 10.1. The summed E-state index contributed by atoms with van der Waals surface area (Å²) in [5, 5.41) is 2.88. The number of fused-ring (bicyclic) bond motifs is 1. The maximum Gasteiger partial charge on any atom is 0.229 e. The van der Waals surface area contributed by atoms with Crippen molar-refractivity contribution in [1.29, 1.82) is 0 Å². The van der Waals surface area contributed by atoms with Gasteiger partial charge in [0.05, 0.1) is 5.92 Å². The number of carbonyl (C=O) groups excluding carboxylic acids is 3. The van der Waals surface area contributed by atoms with Gasteiger partial charge in [-0.2, -0.15) is 0 Å². The molecule has 2 aromatic rings. The van der Waals surface area contributed by atoms with E-state index in [2.05, 4.69) is 21.2 Å². The van der Waals surface area contributed by atoms with Crippen molar-refractivity contribution >= 4 is 50.7 Å². The predicted molar refractivity (Wildman–Crippen MR) is 111 cm³/mol. The minimum atomic E-state index is -0.391. The highest BCUT2D eigenvalue weighted by Gasteiger charge is 2.36. The number of amides is 3. The van der Waals surface area contributed by atoms with Crippen molar-refractivity contribution in [1.82, 2.24) is 0 Å². The standard InChI is InChI=1S/C21H20BrN3O3/c1-13(26)24-9-8-14-10-18(6-7-19(14)24)25-12-15(11-20(25)27)21(28)23-17-4-2-16(22)3-5-17/h2-7,10,15H,8-9,11-12H2,1H3,(H,23,28). The van der Waals surface area contributed by atoms with Crippen molar-refractivity contribution in [3.8, 4) is 0 Å². The van der Waals surface area contributed by atoms with Crippen LogP contribution in [0.1, 0.15) is 18.9 Å². The molecule has 0 saturated carbocycles. The Morgan fingerprint density at radius 3 is 2.61 bits per heavy atom. The molecule has 0 bridgehead atoms. The molecule has 0 radical (unpaired) electrons. The molecule has 7 heteroatoms. The average molecular weight is 442 g/mol. The lowest BCUT2D eigenvalue weighted by Gasteiger charge is -2.19. The molecule has 4 rings (SSSR count). The van der Waals surface area contributed by atoms with Gasteiger partial charge in [-0.25, -0.2) is 0 Å². The molecule has 2 aliphatic heterocycles. The van der Waals surface area contributed by atoms with Gasteiger partial charge >= 0.3 is 0 Å². The van der Waals surface area contributed by atoms with Crippen molar-refractivity contribution in [3.05, 3.63) is 52.5 Å². The predicted octanol–water partition coefficient (Wildman–Crippen LogP) is 3.35. The van der Waals surface area contributed by atoms with Crippen LogP contribution in [-0.2, 0) is 20.8 Å². The number of rotatable bonds is 3. The maximum absolute atomic E-state index is 12.6. The highest BCUT2D eigenvalue weighted by Crippen LogP contribution is 2.34. The number of hydrogen-bond acceptors (Lipinski definition) is 3. The fourth-order valence-corrected chi connectivity index (χ4v) is 4.06. The van der Waals surface area contributed by atoms with E-state index in [0.29, 0.717) is 18.8 Å². The van der Waals surface area contributed by atoms with Crippen LogP contribution in [-0.4, -0.2) is 30.8 Å². The molecule has 6 nitrogen and oxygen atoms in total. The largest absolute Gasteiger partial charge is 0.326 e. The van der Waals surface area contributed by atoms with E-state index in [9.17, 15) is 14.4 Å². The van der Waals surface area contributed by atoms with Crippen LogP contribution >= 0.6 is 15.9 Å². The summed E-state index contributed by atoms with van der Waals surface area (Å²) in [5.41, 5.74) is 3.46. The first-order chi connectivity index (χ1) is 13.4. The van der Waals surface area contributed by atoms with Gasteiger partial charge < -0.3 is 15.1 Å². The number of carbonyl (C=O) groups is 3. The van der Waals surface area contributed by atoms with E-state index >= 15 is 0 Å². The van der Waals surface area contributed by atoms with Gasteiger partial charge in [0.2, 0.25) is 17.7 Å². The van der Waals surface area contributed by atoms with Crippen LogP contribution in [0, 0.1) is 5.92 Å². The van der Waals surface area contributed by atoms with Gasteiger partial charge in [-0.05, 0) is 54.4 Å². The molecule has 1 atom stereocenters. The second-order valence-electron chi connectivity index (χ2n) is 7.14. The lowest BCUT2D eigenvalue weighted by molar-refractivity contribution is -0.122. The number of hydrogen-bond donors (Lipinski definition) is 1. The summed E-state index contributed by atoms with van der Waals surface area (Å²) >= 11 is 3.37. The molecule has 2 aliphatic rings. The Kier molecular flexibility index (Phi) is 4.93. The van der Waals surface area contributed by atoms with Gasteiger partial charge in [0, 0.05) is 48.0 Å². The van der Waals surface area contributed by atoms with Crippen LogP contribution in [0.4, 0.5) is 17.1 Å². The van der Waals surface area contributed by atoms with Crippen LogP contribution in [0.15, 0.2) is 46.9 Å². The van der Waals surface area contributed by atoms with Crippen LogP contribution in [0.3, 0.4) is 0 Å². The number of anilines is 3. The van der Waals surface area contributed by atoms with E-state index in [1.54, 1.807) is 16.7 Å². The van der Waals surface area contributed by atoms with Gasteiger partial charge in [-0.3, -0.25) is 14.4 Å². The third-order valence-electron chi connectivity index (χ3n) is 5.26. The topological polar surface area (TPSA) is 69.7 Å². The van der Waals surface area contributed by atoms with Gasteiger partial charge in [0.25, 0.3) is 0 Å². The van der Waals surface area contributed by atoms with Crippen molar-refractivity contribution in [2.24, 2.45) is 5.92 Å². The molecule has 0 aromatic heterocycles. The van der Waals surface area contributed by atoms with E-state index < -0.39 is 5.92 Å². The molecule has 2 heterocycles. The Morgan fingerprint density at radius 2 is 1.89 bits per heavy atom. The summed E-state index contributed by atoms with van der Waals surface area (Å²) in [5.74, 6) is -0.578. The summed E-state index contributed by atoms with van der Waals surface area (Å²) in [4.78, 5) is 40.2. The minimum absolute atomic E-state index is 0.0217. The van der Waals surface area contributed by atoms with Crippen LogP contribution in [0.2, 0.25) is 0 Å². The fraction of sp³-hybridized carbons (Fsp3) is 0.286. The molecule has 28 heavy (non-hydrogen) atoms. The van der Waals surface area contributed by atoms with E-state index in [0.717, 1.165) is 27.8 Å². The van der Waals surface area contributed by atoms with Crippen molar-refractivity contribution in [2.45, 2.75) is 19.8 Å². The Hall–Kier alpha value is -2.67. The van der Waals surface area contributed by atoms with Crippen LogP contribution in [0.25, 0.3) is 0 Å². The highest BCUT2D eigenvalue weighted by atomic mass is 79.9. The molecule has 0 aliphatic carbocycles. The smallest absolute Gasteiger partial charge is 0.229 e. The lowest BCUT2D eigenvalue weighted by Crippen LogP contribution is -2.28. The number of nitrogens with zero attached hydrogens (tertiary/aromatic N) is 2. The van der Waals surface area contributed by atoms with Crippen LogP contribution in [0.5, 0.6) is 0 Å². The first-order valence-corrected chi connectivity index (χ1v) is 9.99. The zero-order valence-corrected chi connectivity index (χ0v) is 17.0. The van der Waals surface area contributed by atoms with Crippen molar-refractivity contribution in [2.75, 3.05) is 28.2 Å². The van der Waals surface area contributed by atoms with Crippen molar-refractivity contribution < 1.29 is 14.4 Å². The zero-order chi connectivity index (χ0) is 19.8. The molecule has 1 saturated heterocycles. The Bertz CT molecular complexity index is 958. The van der Waals surface area contributed by atoms with Gasteiger partial charge in [-0.15, -0.1) is 0 Å². The third-order valence-corrected chi connectivity index (χ3v) is 5.79. The van der Waals surface area contributed by atoms with Crippen molar-refractivity contribution in [3.63, 3.8) is 0 Å². The Labute approximate surface area is 171 Å². The molecular formula is C21H20BrN3O3. The van der Waals surface area contributed by atoms with E-state index in [1.807, 2.05) is 42.5 Å². The number of nitrogens with one attached hydrogen (secondary N) is 1. The molecule has 2 aromatic carbocycles. The van der Waals surface area contributed by atoms with Gasteiger partial charge in [0.1, 0.15) is 0 Å². The average Bonchev–Trinajstić information content (AvgIpc) is 3.26. The molecule has 1 fully saturated rings.